The third-order valence-electron chi connectivity index (χ3n) is 8.98. The van der Waals surface area contributed by atoms with Gasteiger partial charge in [0.05, 0.1) is 17.1 Å². The number of ether oxygens (including phenoxy) is 3. The molecule has 4 atom stereocenters. The highest BCUT2D eigenvalue weighted by molar-refractivity contribution is 5.98. The molecule has 268 valence electrons. The van der Waals surface area contributed by atoms with Gasteiger partial charge in [-0.05, 0) is 41.3 Å². The number of carbonyl (C=O) groups is 1. The van der Waals surface area contributed by atoms with Gasteiger partial charge < -0.3 is 70.4 Å². The van der Waals surface area contributed by atoms with Crippen LogP contribution in [0.3, 0.4) is 0 Å². The van der Waals surface area contributed by atoms with Gasteiger partial charge in [-0.25, -0.2) is 4.79 Å². The van der Waals surface area contributed by atoms with Crippen LogP contribution in [0.1, 0.15) is 44.8 Å². The molecule has 0 saturated carbocycles. The van der Waals surface area contributed by atoms with Crippen molar-refractivity contribution >= 4 is 16.7 Å². The zero-order valence-corrected chi connectivity index (χ0v) is 26.4. The van der Waals surface area contributed by atoms with Crippen LogP contribution in [-0.4, -0.2) is 74.3 Å². The van der Waals surface area contributed by atoms with E-state index in [-0.39, 0.29) is 63.5 Å². The van der Waals surface area contributed by atoms with Crippen molar-refractivity contribution in [3.05, 3.63) is 92.6 Å². The molecule has 0 saturated heterocycles. The van der Waals surface area contributed by atoms with Crippen LogP contribution < -0.4 is 14.9 Å². The number of rotatable bonds is 4. The normalized spacial score (nSPS) is 19.2. The van der Waals surface area contributed by atoms with E-state index in [1.54, 1.807) is 0 Å². The Morgan fingerprint density at radius 3 is 1.79 bits per heavy atom. The van der Waals surface area contributed by atoms with Crippen LogP contribution in [0.25, 0.3) is 10.8 Å². The van der Waals surface area contributed by atoms with Crippen LogP contribution >= 0.6 is 0 Å². The molecule has 16 heteroatoms. The smallest absolute Gasteiger partial charge is 0.338 e. The molecule has 0 bridgehead atoms. The molecule has 7 rings (SSSR count). The predicted molar refractivity (Wildman–Crippen MR) is 176 cm³/mol. The van der Waals surface area contributed by atoms with E-state index >= 15 is 0 Å². The number of benzene rings is 4. The van der Waals surface area contributed by atoms with Crippen LogP contribution in [0.5, 0.6) is 69.0 Å². The lowest BCUT2D eigenvalue weighted by molar-refractivity contribution is -0.0184. The van der Waals surface area contributed by atoms with Gasteiger partial charge >= 0.3 is 5.97 Å². The summed E-state index contributed by atoms with van der Waals surface area (Å²) in [6.07, 6.45) is -6.29. The van der Waals surface area contributed by atoms with Crippen molar-refractivity contribution in [2.24, 2.45) is 0 Å². The van der Waals surface area contributed by atoms with Crippen LogP contribution in [0.15, 0.2) is 59.4 Å². The fraction of sp³-hybridized carbons (Fsp3) is 0.167. The van der Waals surface area contributed by atoms with Crippen LogP contribution in [0, 0.1) is 0 Å². The number of fused-ring (bicyclic) bond motifs is 3. The second-order valence-electron chi connectivity index (χ2n) is 12.4. The molecule has 3 unspecified atom stereocenters. The van der Waals surface area contributed by atoms with Crippen molar-refractivity contribution in [2.45, 2.75) is 37.3 Å². The van der Waals surface area contributed by atoms with E-state index in [0.29, 0.717) is 0 Å². The molecule has 0 fully saturated rings. The van der Waals surface area contributed by atoms with Crippen LogP contribution in [0.4, 0.5) is 0 Å². The molecule has 2 heterocycles. The number of aromatic hydroxyl groups is 10. The van der Waals surface area contributed by atoms with E-state index in [2.05, 4.69) is 0 Å². The van der Waals surface area contributed by atoms with Crippen molar-refractivity contribution in [3.8, 4) is 69.0 Å². The highest BCUT2D eigenvalue weighted by Crippen LogP contribution is 2.49. The molecular weight excluding hydrogens is 688 g/mol. The summed E-state index contributed by atoms with van der Waals surface area (Å²) in [6.45, 7) is 0. The summed E-state index contributed by atoms with van der Waals surface area (Å²) >= 11 is 0. The third-order valence-corrected chi connectivity index (χ3v) is 8.98. The van der Waals surface area contributed by atoms with E-state index in [9.17, 15) is 65.8 Å². The largest absolute Gasteiger partial charge is 0.508 e. The molecule has 5 aromatic carbocycles. The predicted octanol–water partition coefficient (Wildman–Crippen LogP) is 3.19. The zero-order chi connectivity index (χ0) is 37.3. The third kappa shape index (κ3) is 5.56. The van der Waals surface area contributed by atoms with E-state index < -0.39 is 92.8 Å². The number of phenols is 9. The van der Waals surface area contributed by atoms with E-state index in [1.165, 1.54) is 12.1 Å². The number of aliphatic hydroxyl groups is 1. The lowest BCUT2D eigenvalue weighted by Gasteiger charge is -2.34. The Morgan fingerprint density at radius 1 is 0.615 bits per heavy atom. The Bertz CT molecular complexity index is 2370. The Labute approximate surface area is 290 Å². The molecule has 52 heavy (non-hydrogen) atoms. The molecule has 2 aliphatic rings. The topological polar surface area (TPSA) is 284 Å². The Morgan fingerprint density at radius 2 is 1.17 bits per heavy atom. The minimum absolute atomic E-state index is 0.0221. The maximum absolute atomic E-state index is 13.4. The van der Waals surface area contributed by atoms with Gasteiger partial charge in [0.25, 0.3) is 0 Å². The van der Waals surface area contributed by atoms with Gasteiger partial charge in [-0.15, -0.1) is 0 Å². The number of esters is 1. The first-order valence-electron chi connectivity index (χ1n) is 15.4. The number of carbonyl (C=O) groups excluding carboxylic acids is 1. The fourth-order valence-electron chi connectivity index (χ4n) is 6.53. The van der Waals surface area contributed by atoms with Gasteiger partial charge in [0, 0.05) is 53.8 Å². The van der Waals surface area contributed by atoms with Crippen molar-refractivity contribution in [2.75, 3.05) is 0 Å². The molecular formula is C36H28O16. The highest BCUT2D eigenvalue weighted by atomic mass is 16.6. The van der Waals surface area contributed by atoms with Crippen molar-refractivity contribution in [1.82, 2.24) is 0 Å². The number of aliphatic hydroxyl groups excluding tert-OH is 1. The highest BCUT2D eigenvalue weighted by Gasteiger charge is 2.39. The molecule has 11 N–H and O–H groups in total. The number of hydrogen-bond donors (Lipinski definition) is 11. The van der Waals surface area contributed by atoms with Gasteiger partial charge in [-0.3, -0.25) is 4.79 Å². The van der Waals surface area contributed by atoms with E-state index in [0.717, 1.165) is 42.5 Å². The maximum Gasteiger partial charge on any atom is 0.338 e. The van der Waals surface area contributed by atoms with E-state index in [4.69, 9.17) is 14.2 Å². The molecule has 2 aliphatic heterocycles. The Hall–Kier alpha value is -6.94. The molecule has 0 spiro atoms. The monoisotopic (exact) mass is 716 g/mol. The quantitative estimate of drug-likeness (QED) is 0.0940. The van der Waals surface area contributed by atoms with Gasteiger partial charge in [0.2, 0.25) is 5.43 Å². The number of hydrogen-bond acceptors (Lipinski definition) is 16. The molecule has 0 aliphatic carbocycles. The first-order valence-corrected chi connectivity index (χ1v) is 15.4. The van der Waals surface area contributed by atoms with Gasteiger partial charge in [-0.2, -0.15) is 0 Å². The SMILES string of the molecule is O=C(OC1Cc2c(O)cc(O)cc2OC1c1cc(O)c(O)c2c(O)c(=O)cc(C3Oc4cc(O)cc(O)c4C[C@H]3O)cc12)c1cc(O)c(O)c(O)c1. The second kappa shape index (κ2) is 12.1. The van der Waals surface area contributed by atoms with E-state index in [1.807, 2.05) is 0 Å². The minimum Gasteiger partial charge on any atom is -0.508 e. The molecule has 5 aromatic rings. The summed E-state index contributed by atoms with van der Waals surface area (Å²) in [4.78, 5) is 26.7. The Kier molecular flexibility index (Phi) is 7.83. The van der Waals surface area contributed by atoms with Crippen LogP contribution in [0.2, 0.25) is 0 Å². The van der Waals surface area contributed by atoms with Crippen molar-refractivity contribution < 1.29 is 75.2 Å². The number of phenolic OH excluding ortho intramolecular Hbond substituents is 9. The second-order valence-corrected chi connectivity index (χ2v) is 12.4. The van der Waals surface area contributed by atoms with Crippen molar-refractivity contribution in [3.63, 3.8) is 0 Å². The lowest BCUT2D eigenvalue weighted by atomic mass is 9.89. The fourth-order valence-corrected chi connectivity index (χ4v) is 6.53. The summed E-state index contributed by atoms with van der Waals surface area (Å²) in [5.41, 5.74) is -1.50. The zero-order valence-electron chi connectivity index (χ0n) is 26.4. The summed E-state index contributed by atoms with van der Waals surface area (Å²) < 4.78 is 17.8. The summed E-state index contributed by atoms with van der Waals surface area (Å²) in [5, 5.41) is 114. The summed E-state index contributed by atoms with van der Waals surface area (Å²) in [6, 6.07) is 9.16. The average molecular weight is 717 g/mol. The maximum atomic E-state index is 13.4. The van der Waals surface area contributed by atoms with Crippen molar-refractivity contribution in [1.29, 1.82) is 0 Å². The Balaban J connectivity index is 1.42. The van der Waals surface area contributed by atoms with Gasteiger partial charge in [0.15, 0.2) is 40.6 Å². The first-order chi connectivity index (χ1) is 24.6. The summed E-state index contributed by atoms with van der Waals surface area (Å²) in [7, 11) is 0. The molecule has 16 nitrogen and oxygen atoms in total. The van der Waals surface area contributed by atoms with Gasteiger partial charge in [0.1, 0.15) is 46.7 Å². The average Bonchev–Trinajstić information content (AvgIpc) is 3.20. The standard InChI is InChI=1S/C36H28O16/c37-14-5-20(39)18-10-26(45)34(50-27(18)7-14)12-1-16-17(9-25(44)33(48)30(16)32(47)24(43)2-12)35-29(11-19-21(40)6-15(38)8-28(19)51-35)52-36(49)13-3-22(41)31(46)23(42)4-13/h1-9,26,29,34-35,37-42,44-46,48H,10-11H2,(H,43,47)/t26-,29?,34?,35?/m1/s1. The molecule has 0 amide bonds. The van der Waals surface area contributed by atoms with Gasteiger partial charge in [-0.1, -0.05) is 0 Å². The molecule has 0 radical (unpaired) electrons. The molecule has 0 aromatic heterocycles. The summed E-state index contributed by atoms with van der Waals surface area (Å²) in [5.74, 6) is -8.30. The first kappa shape index (κ1) is 33.6. The lowest BCUT2D eigenvalue weighted by Crippen LogP contribution is -2.35. The minimum atomic E-state index is -1.53. The van der Waals surface area contributed by atoms with Crippen LogP contribution in [-0.2, 0) is 17.6 Å².